The van der Waals surface area contributed by atoms with Crippen LogP contribution in [0.1, 0.15) is 21.9 Å². The van der Waals surface area contributed by atoms with E-state index in [0.717, 1.165) is 0 Å². The molecule has 1 aromatic heterocycles. The van der Waals surface area contributed by atoms with E-state index < -0.39 is 28.5 Å². The number of nitrogens with two attached hydrogens (primary N) is 1. The maximum atomic E-state index is 11.9. The van der Waals surface area contributed by atoms with Crippen molar-refractivity contribution >= 4 is 27.6 Å². The van der Waals surface area contributed by atoms with Crippen LogP contribution < -0.4 is 10.5 Å². The summed E-state index contributed by atoms with van der Waals surface area (Å²) in [6, 6.07) is 6.94. The number of sulfonamides is 1. The predicted molar refractivity (Wildman–Crippen MR) is 84.9 cm³/mol. The number of ether oxygens (including phenoxy) is 1. The zero-order valence-electron chi connectivity index (χ0n) is 13.0. The van der Waals surface area contributed by atoms with Crippen molar-refractivity contribution in [2.45, 2.75) is 18.7 Å². The van der Waals surface area contributed by atoms with Gasteiger partial charge in [-0.1, -0.05) is 6.07 Å². The molecule has 0 spiro atoms. The van der Waals surface area contributed by atoms with Gasteiger partial charge in [0.1, 0.15) is 17.1 Å². The first-order chi connectivity index (χ1) is 11.2. The summed E-state index contributed by atoms with van der Waals surface area (Å²) in [6.45, 7) is 2.78. The highest BCUT2D eigenvalue weighted by Crippen LogP contribution is 2.16. The fourth-order valence-electron chi connectivity index (χ4n) is 1.99. The molecule has 8 nitrogen and oxygen atoms in total. The number of carbonyl (C=O) groups excluding carboxylic acids is 2. The van der Waals surface area contributed by atoms with E-state index in [1.54, 1.807) is 13.8 Å². The van der Waals surface area contributed by atoms with Gasteiger partial charge in [0, 0.05) is 5.69 Å². The van der Waals surface area contributed by atoms with Gasteiger partial charge in [0.25, 0.3) is 5.91 Å². The molecule has 128 valence electrons. The van der Waals surface area contributed by atoms with Gasteiger partial charge in [-0.3, -0.25) is 4.79 Å². The molecule has 0 fully saturated rings. The minimum absolute atomic E-state index is 0.137. The average Bonchev–Trinajstić information content (AvgIpc) is 2.83. The van der Waals surface area contributed by atoms with Gasteiger partial charge >= 0.3 is 5.97 Å². The first-order valence-electron chi connectivity index (χ1n) is 6.83. The number of nitrogens with one attached hydrogen (secondary N) is 1. The normalized spacial score (nSPS) is 11.1. The van der Waals surface area contributed by atoms with Crippen molar-refractivity contribution in [1.29, 1.82) is 0 Å². The van der Waals surface area contributed by atoms with Gasteiger partial charge in [0.15, 0.2) is 6.61 Å². The third kappa shape index (κ3) is 4.43. The number of benzene rings is 1. The number of aryl methyl sites for hydroxylation is 2. The van der Waals surface area contributed by atoms with Gasteiger partial charge in [0.2, 0.25) is 10.0 Å². The van der Waals surface area contributed by atoms with E-state index in [4.69, 9.17) is 14.3 Å². The van der Waals surface area contributed by atoms with Crippen LogP contribution in [0.2, 0.25) is 0 Å². The summed E-state index contributed by atoms with van der Waals surface area (Å²) in [7, 11) is -3.87. The lowest BCUT2D eigenvalue weighted by molar-refractivity contribution is -0.119. The Hall–Kier alpha value is -2.65. The minimum Gasteiger partial charge on any atom is -0.466 e. The third-order valence-electron chi connectivity index (χ3n) is 3.04. The molecular weight excluding hydrogens is 336 g/mol. The van der Waals surface area contributed by atoms with Crippen molar-refractivity contribution in [3.8, 4) is 0 Å². The molecule has 1 heterocycles. The lowest BCUT2D eigenvalue weighted by atomic mass is 10.2. The van der Waals surface area contributed by atoms with Crippen LogP contribution in [0, 0.1) is 13.8 Å². The smallest absolute Gasteiger partial charge is 0.342 e. The molecular formula is C15H16N2O6S. The summed E-state index contributed by atoms with van der Waals surface area (Å²) in [6.07, 6.45) is 0. The number of furan rings is 1. The van der Waals surface area contributed by atoms with Crippen LogP contribution in [0.15, 0.2) is 39.6 Å². The van der Waals surface area contributed by atoms with E-state index in [0.29, 0.717) is 11.5 Å². The zero-order valence-corrected chi connectivity index (χ0v) is 13.8. The first-order valence-corrected chi connectivity index (χ1v) is 8.38. The topological polar surface area (TPSA) is 129 Å². The van der Waals surface area contributed by atoms with E-state index in [1.807, 2.05) is 0 Å². The van der Waals surface area contributed by atoms with Crippen LogP contribution in [0.25, 0.3) is 0 Å². The Morgan fingerprint density at radius 1 is 1.25 bits per heavy atom. The number of amides is 1. The Bertz CT molecular complexity index is 885. The SMILES string of the molecule is Cc1cc(C(=O)OCC(=O)Nc2cccc(S(N)(=O)=O)c2)c(C)o1. The molecule has 2 aromatic rings. The maximum absolute atomic E-state index is 11.9. The number of rotatable bonds is 5. The molecule has 0 saturated heterocycles. The quantitative estimate of drug-likeness (QED) is 0.781. The predicted octanol–water partition coefficient (Wildman–Crippen LogP) is 1.34. The number of carbonyl (C=O) groups is 2. The molecule has 9 heteroatoms. The largest absolute Gasteiger partial charge is 0.466 e. The second kappa shape index (κ2) is 6.85. The number of esters is 1. The Morgan fingerprint density at radius 3 is 2.54 bits per heavy atom. The molecule has 3 N–H and O–H groups in total. The van der Waals surface area contributed by atoms with Crippen LogP contribution in [0.5, 0.6) is 0 Å². The van der Waals surface area contributed by atoms with Crippen molar-refractivity contribution in [3.63, 3.8) is 0 Å². The van der Waals surface area contributed by atoms with Gasteiger partial charge in [-0.05, 0) is 38.1 Å². The van der Waals surface area contributed by atoms with Crippen molar-refractivity contribution in [3.05, 3.63) is 47.4 Å². The van der Waals surface area contributed by atoms with Crippen LogP contribution in [0.3, 0.4) is 0 Å². The number of primary sulfonamides is 1. The van der Waals surface area contributed by atoms with Crippen LogP contribution in [-0.2, 0) is 19.6 Å². The van der Waals surface area contributed by atoms with Gasteiger partial charge < -0.3 is 14.5 Å². The molecule has 0 bridgehead atoms. The van der Waals surface area contributed by atoms with Crippen molar-refractivity contribution < 1.29 is 27.2 Å². The fourth-order valence-corrected chi connectivity index (χ4v) is 2.55. The summed E-state index contributed by atoms with van der Waals surface area (Å²) in [4.78, 5) is 23.5. The molecule has 0 saturated carbocycles. The Kier molecular flexibility index (Phi) is 5.05. The lowest BCUT2D eigenvalue weighted by Crippen LogP contribution is -2.21. The summed E-state index contributed by atoms with van der Waals surface area (Å²) < 4.78 is 32.6. The molecule has 1 aromatic carbocycles. The van der Waals surface area contributed by atoms with Crippen LogP contribution in [-0.4, -0.2) is 26.9 Å². The van der Waals surface area contributed by atoms with Crippen molar-refractivity contribution in [2.75, 3.05) is 11.9 Å². The van der Waals surface area contributed by atoms with Gasteiger partial charge in [0.05, 0.1) is 4.90 Å². The second-order valence-electron chi connectivity index (χ2n) is 5.02. The molecule has 0 atom stereocenters. The molecule has 0 radical (unpaired) electrons. The maximum Gasteiger partial charge on any atom is 0.342 e. The monoisotopic (exact) mass is 352 g/mol. The minimum atomic E-state index is -3.87. The Balaban J connectivity index is 1.97. The fraction of sp³-hybridized carbons (Fsp3) is 0.200. The Morgan fingerprint density at radius 2 is 1.96 bits per heavy atom. The molecule has 24 heavy (non-hydrogen) atoms. The molecule has 0 aliphatic carbocycles. The number of hydrogen-bond donors (Lipinski definition) is 2. The summed E-state index contributed by atoms with van der Waals surface area (Å²) in [5.41, 5.74) is 0.467. The zero-order chi connectivity index (χ0) is 17.9. The highest BCUT2D eigenvalue weighted by Gasteiger charge is 2.16. The number of hydrogen-bond acceptors (Lipinski definition) is 6. The summed E-state index contributed by atoms with van der Waals surface area (Å²) in [5.74, 6) is -0.340. The van der Waals surface area contributed by atoms with Crippen molar-refractivity contribution in [1.82, 2.24) is 0 Å². The second-order valence-corrected chi connectivity index (χ2v) is 6.59. The molecule has 1 amide bonds. The van der Waals surface area contributed by atoms with Crippen molar-refractivity contribution in [2.24, 2.45) is 5.14 Å². The molecule has 2 rings (SSSR count). The molecule has 0 aliphatic heterocycles. The van der Waals surface area contributed by atoms with E-state index >= 15 is 0 Å². The Labute approximate surface area is 138 Å². The van der Waals surface area contributed by atoms with Crippen LogP contribution >= 0.6 is 0 Å². The van der Waals surface area contributed by atoms with Crippen LogP contribution in [0.4, 0.5) is 5.69 Å². The van der Waals surface area contributed by atoms with Gasteiger partial charge in [-0.25, -0.2) is 18.4 Å². The van der Waals surface area contributed by atoms with E-state index in [9.17, 15) is 18.0 Å². The molecule has 0 unspecified atom stereocenters. The average molecular weight is 352 g/mol. The highest BCUT2D eigenvalue weighted by molar-refractivity contribution is 7.89. The molecule has 0 aliphatic rings. The van der Waals surface area contributed by atoms with Gasteiger partial charge in [-0.15, -0.1) is 0 Å². The van der Waals surface area contributed by atoms with E-state index in [-0.39, 0.29) is 16.1 Å². The lowest BCUT2D eigenvalue weighted by Gasteiger charge is -2.07. The standard InChI is InChI=1S/C15H16N2O6S/c1-9-6-13(10(2)23-9)15(19)22-8-14(18)17-11-4-3-5-12(7-11)24(16,20)21/h3-7H,8H2,1-2H3,(H,17,18)(H2,16,20,21). The highest BCUT2D eigenvalue weighted by atomic mass is 32.2. The van der Waals surface area contributed by atoms with E-state index in [2.05, 4.69) is 5.32 Å². The third-order valence-corrected chi connectivity index (χ3v) is 3.95. The summed E-state index contributed by atoms with van der Waals surface area (Å²) in [5, 5.41) is 7.44. The summed E-state index contributed by atoms with van der Waals surface area (Å²) >= 11 is 0. The van der Waals surface area contributed by atoms with Gasteiger partial charge in [-0.2, -0.15) is 0 Å². The number of anilines is 1. The van der Waals surface area contributed by atoms with E-state index in [1.165, 1.54) is 30.3 Å². The first kappa shape index (κ1) is 17.7.